The fourth-order valence-corrected chi connectivity index (χ4v) is 2.13. The van der Waals surface area contributed by atoms with Gasteiger partial charge in [-0.15, -0.1) is 0 Å². The summed E-state index contributed by atoms with van der Waals surface area (Å²) in [6, 6.07) is 1.94. The van der Waals surface area contributed by atoms with Crippen molar-refractivity contribution in [1.82, 2.24) is 15.0 Å². The van der Waals surface area contributed by atoms with Crippen molar-refractivity contribution in [3.8, 4) is 0 Å². The number of ether oxygens (including phenoxy) is 1. The molecule has 0 spiro atoms. The van der Waals surface area contributed by atoms with E-state index in [-0.39, 0.29) is 6.09 Å². The number of carbonyl (C=O) groups is 1. The van der Waals surface area contributed by atoms with Gasteiger partial charge in [0.15, 0.2) is 5.76 Å². The quantitative estimate of drug-likeness (QED) is 0.830. The minimum absolute atomic E-state index is 0.229. The van der Waals surface area contributed by atoms with Crippen molar-refractivity contribution in [2.24, 2.45) is 0 Å². The predicted molar refractivity (Wildman–Crippen MR) is 74.3 cm³/mol. The lowest BCUT2D eigenvalue weighted by molar-refractivity contribution is 0.0133. The first kappa shape index (κ1) is 14.8. The molecule has 1 aromatic heterocycles. The zero-order valence-electron chi connectivity index (χ0n) is 12.7. The molecule has 20 heavy (non-hydrogen) atoms. The monoisotopic (exact) mass is 281 g/mol. The molecule has 0 aliphatic carbocycles. The Morgan fingerprint density at radius 2 is 2.00 bits per heavy atom. The van der Waals surface area contributed by atoms with E-state index in [0.717, 1.165) is 31.1 Å². The van der Waals surface area contributed by atoms with Crippen LogP contribution in [0.4, 0.5) is 4.79 Å². The maximum atomic E-state index is 11.9. The van der Waals surface area contributed by atoms with Crippen LogP contribution < -0.4 is 0 Å². The number of hydrogen-bond donors (Lipinski definition) is 0. The molecule has 0 radical (unpaired) electrons. The highest BCUT2D eigenvalue weighted by atomic mass is 16.6. The third-order valence-electron chi connectivity index (χ3n) is 3.08. The number of carbonyl (C=O) groups excluding carboxylic acids is 1. The Morgan fingerprint density at radius 3 is 2.50 bits per heavy atom. The summed E-state index contributed by atoms with van der Waals surface area (Å²) < 4.78 is 10.6. The molecule has 1 aromatic rings. The van der Waals surface area contributed by atoms with Gasteiger partial charge in [-0.05, 0) is 27.7 Å². The van der Waals surface area contributed by atoms with Crippen molar-refractivity contribution in [3.63, 3.8) is 0 Å². The average molecular weight is 281 g/mol. The summed E-state index contributed by atoms with van der Waals surface area (Å²) >= 11 is 0. The maximum absolute atomic E-state index is 11.9. The molecule has 1 saturated heterocycles. The van der Waals surface area contributed by atoms with Crippen LogP contribution in [0.15, 0.2) is 10.6 Å². The topological polar surface area (TPSA) is 58.8 Å². The molecule has 6 heteroatoms. The molecular weight excluding hydrogens is 258 g/mol. The van der Waals surface area contributed by atoms with Crippen molar-refractivity contribution >= 4 is 6.09 Å². The summed E-state index contributed by atoms with van der Waals surface area (Å²) in [6.45, 7) is 11.3. The minimum atomic E-state index is -0.439. The third kappa shape index (κ3) is 4.23. The van der Waals surface area contributed by atoms with Crippen LogP contribution in [0.5, 0.6) is 0 Å². The fourth-order valence-electron chi connectivity index (χ4n) is 2.13. The van der Waals surface area contributed by atoms with Crippen LogP contribution in [0.3, 0.4) is 0 Å². The molecule has 0 bridgehead atoms. The normalized spacial score (nSPS) is 17.3. The highest BCUT2D eigenvalue weighted by Crippen LogP contribution is 2.13. The van der Waals surface area contributed by atoms with Crippen molar-refractivity contribution in [3.05, 3.63) is 17.5 Å². The zero-order chi connectivity index (χ0) is 14.8. The van der Waals surface area contributed by atoms with Crippen LogP contribution in [0.1, 0.15) is 32.2 Å². The Bertz CT molecular complexity index is 456. The van der Waals surface area contributed by atoms with Gasteiger partial charge >= 0.3 is 6.09 Å². The van der Waals surface area contributed by atoms with Crippen molar-refractivity contribution < 1.29 is 14.1 Å². The zero-order valence-corrected chi connectivity index (χ0v) is 12.7. The summed E-state index contributed by atoms with van der Waals surface area (Å²) in [7, 11) is 0. The lowest BCUT2D eigenvalue weighted by Crippen LogP contribution is -2.49. The molecule has 2 heterocycles. The number of aryl methyl sites for hydroxylation is 1. The van der Waals surface area contributed by atoms with Crippen molar-refractivity contribution in [2.75, 3.05) is 26.2 Å². The first-order chi connectivity index (χ1) is 9.33. The second-order valence-corrected chi connectivity index (χ2v) is 6.18. The molecule has 1 fully saturated rings. The Kier molecular flexibility index (Phi) is 4.32. The highest BCUT2D eigenvalue weighted by Gasteiger charge is 2.26. The first-order valence-electron chi connectivity index (χ1n) is 6.96. The second-order valence-electron chi connectivity index (χ2n) is 6.18. The smallest absolute Gasteiger partial charge is 0.410 e. The van der Waals surface area contributed by atoms with E-state index in [2.05, 4.69) is 10.1 Å². The third-order valence-corrected chi connectivity index (χ3v) is 3.08. The lowest BCUT2D eigenvalue weighted by atomic mass is 10.2. The van der Waals surface area contributed by atoms with Crippen molar-refractivity contribution in [1.29, 1.82) is 0 Å². The van der Waals surface area contributed by atoms with Gasteiger partial charge in [-0.1, -0.05) is 5.16 Å². The molecule has 1 aliphatic heterocycles. The van der Waals surface area contributed by atoms with Gasteiger partial charge in [-0.3, -0.25) is 4.90 Å². The molecule has 112 valence electrons. The van der Waals surface area contributed by atoms with Crippen molar-refractivity contribution in [2.45, 2.75) is 39.8 Å². The Labute approximate surface area is 119 Å². The van der Waals surface area contributed by atoms with E-state index < -0.39 is 5.60 Å². The predicted octanol–water partition coefficient (Wildman–Crippen LogP) is 2.04. The average Bonchev–Trinajstić information content (AvgIpc) is 2.73. The number of rotatable bonds is 2. The van der Waals surface area contributed by atoms with Crippen LogP contribution in [0, 0.1) is 6.92 Å². The van der Waals surface area contributed by atoms with Gasteiger partial charge in [0.05, 0.1) is 12.2 Å². The molecule has 0 N–H and O–H groups in total. The Balaban J connectivity index is 1.79. The van der Waals surface area contributed by atoms with Crippen LogP contribution in [0.25, 0.3) is 0 Å². The van der Waals surface area contributed by atoms with E-state index in [1.807, 2.05) is 33.8 Å². The van der Waals surface area contributed by atoms with E-state index in [9.17, 15) is 4.79 Å². The van der Waals surface area contributed by atoms with E-state index in [1.54, 1.807) is 4.90 Å². The van der Waals surface area contributed by atoms with E-state index in [1.165, 1.54) is 0 Å². The molecule has 0 aromatic carbocycles. The summed E-state index contributed by atoms with van der Waals surface area (Å²) in [5.74, 6) is 0.869. The van der Waals surface area contributed by atoms with Gasteiger partial charge in [0, 0.05) is 32.2 Å². The SMILES string of the molecule is Cc1cc(CN2CCN(C(=O)OC(C)(C)C)CC2)on1. The summed E-state index contributed by atoms with van der Waals surface area (Å²) in [6.07, 6.45) is -0.229. The molecule has 0 atom stereocenters. The molecule has 0 unspecified atom stereocenters. The van der Waals surface area contributed by atoms with E-state index in [4.69, 9.17) is 9.26 Å². The molecule has 2 rings (SSSR count). The van der Waals surface area contributed by atoms with Gasteiger partial charge in [0.2, 0.25) is 0 Å². The number of nitrogens with zero attached hydrogens (tertiary/aromatic N) is 3. The Morgan fingerprint density at radius 1 is 1.35 bits per heavy atom. The minimum Gasteiger partial charge on any atom is -0.444 e. The summed E-state index contributed by atoms with van der Waals surface area (Å²) in [5, 5.41) is 3.88. The van der Waals surface area contributed by atoms with Crippen LogP contribution in [0.2, 0.25) is 0 Å². The molecule has 1 aliphatic rings. The number of hydrogen-bond acceptors (Lipinski definition) is 5. The van der Waals surface area contributed by atoms with E-state index >= 15 is 0 Å². The first-order valence-corrected chi connectivity index (χ1v) is 6.96. The van der Waals surface area contributed by atoms with Gasteiger partial charge in [-0.25, -0.2) is 4.79 Å². The van der Waals surface area contributed by atoms with Gasteiger partial charge in [0.1, 0.15) is 5.60 Å². The highest BCUT2D eigenvalue weighted by molar-refractivity contribution is 5.68. The van der Waals surface area contributed by atoms with Crippen LogP contribution >= 0.6 is 0 Å². The molecule has 1 amide bonds. The summed E-state index contributed by atoms with van der Waals surface area (Å²) in [4.78, 5) is 15.9. The van der Waals surface area contributed by atoms with Gasteiger partial charge < -0.3 is 14.2 Å². The number of aromatic nitrogens is 1. The molecular formula is C14H23N3O3. The number of amides is 1. The summed E-state index contributed by atoms with van der Waals surface area (Å²) in [5.41, 5.74) is 0.457. The largest absolute Gasteiger partial charge is 0.444 e. The Hall–Kier alpha value is -1.56. The molecule has 0 saturated carbocycles. The van der Waals surface area contributed by atoms with E-state index in [0.29, 0.717) is 13.1 Å². The standard InChI is InChI=1S/C14H23N3O3/c1-11-9-12(20-15-11)10-16-5-7-17(8-6-16)13(18)19-14(2,3)4/h9H,5-8,10H2,1-4H3. The second kappa shape index (κ2) is 5.83. The van der Waals surface area contributed by atoms with Crippen LogP contribution in [-0.2, 0) is 11.3 Å². The van der Waals surface area contributed by atoms with Gasteiger partial charge in [0.25, 0.3) is 0 Å². The lowest BCUT2D eigenvalue weighted by Gasteiger charge is -2.35. The van der Waals surface area contributed by atoms with Gasteiger partial charge in [-0.2, -0.15) is 0 Å². The van der Waals surface area contributed by atoms with Crippen LogP contribution in [-0.4, -0.2) is 52.8 Å². The fraction of sp³-hybridized carbons (Fsp3) is 0.714. The maximum Gasteiger partial charge on any atom is 0.410 e. The number of piperazine rings is 1. The molecule has 6 nitrogen and oxygen atoms in total.